The van der Waals surface area contributed by atoms with E-state index in [-0.39, 0.29) is 0 Å². The van der Waals surface area contributed by atoms with Crippen LogP contribution in [0.25, 0.3) is 12.2 Å². The molecule has 0 bridgehead atoms. The van der Waals surface area contributed by atoms with E-state index in [9.17, 15) is 9.90 Å². The van der Waals surface area contributed by atoms with Crippen LogP contribution >= 0.6 is 0 Å². The van der Waals surface area contributed by atoms with Gasteiger partial charge in [-0.1, -0.05) is 30.4 Å². The smallest absolute Gasteiger partial charge is 0.309 e. The molecule has 0 radical (unpaired) electrons. The van der Waals surface area contributed by atoms with Crippen molar-refractivity contribution in [2.24, 2.45) is 5.41 Å². The molecule has 0 amide bonds. The number of hydrogen-bond donors (Lipinski definition) is 1. The fraction of sp³-hybridized carbons (Fsp3) is 0.318. The van der Waals surface area contributed by atoms with Crippen molar-refractivity contribution in [2.45, 2.75) is 20.3 Å². The highest BCUT2D eigenvalue weighted by atomic mass is 16.5. The van der Waals surface area contributed by atoms with Gasteiger partial charge in [0.1, 0.15) is 5.75 Å². The van der Waals surface area contributed by atoms with Gasteiger partial charge in [0, 0.05) is 0 Å². The molecule has 0 heterocycles. The summed E-state index contributed by atoms with van der Waals surface area (Å²) in [6.07, 6.45) is 4.36. The Kier molecular flexibility index (Phi) is 6.88. The van der Waals surface area contributed by atoms with Gasteiger partial charge >= 0.3 is 5.97 Å². The van der Waals surface area contributed by atoms with Crippen LogP contribution < -0.4 is 14.2 Å². The lowest BCUT2D eigenvalue weighted by Crippen LogP contribution is -2.25. The second-order valence-corrected chi connectivity index (χ2v) is 6.81. The Morgan fingerprint density at radius 3 is 2.33 bits per heavy atom. The van der Waals surface area contributed by atoms with Gasteiger partial charge in [-0.3, -0.25) is 4.79 Å². The normalized spacial score (nSPS) is 11.4. The zero-order chi connectivity index (χ0) is 19.9. The Morgan fingerprint density at radius 2 is 1.70 bits per heavy atom. The second-order valence-electron chi connectivity index (χ2n) is 6.81. The van der Waals surface area contributed by atoms with Crippen LogP contribution in [0.5, 0.6) is 17.2 Å². The predicted octanol–water partition coefficient (Wildman–Crippen LogP) is 4.75. The van der Waals surface area contributed by atoms with Gasteiger partial charge in [-0.2, -0.15) is 0 Å². The van der Waals surface area contributed by atoms with Gasteiger partial charge < -0.3 is 19.3 Å². The van der Waals surface area contributed by atoms with Crippen LogP contribution in [0.15, 0.2) is 42.5 Å². The van der Waals surface area contributed by atoms with Gasteiger partial charge in [0.25, 0.3) is 0 Å². The summed E-state index contributed by atoms with van der Waals surface area (Å²) < 4.78 is 16.4. The van der Waals surface area contributed by atoms with Gasteiger partial charge in [0.05, 0.1) is 26.2 Å². The molecule has 0 unspecified atom stereocenters. The maximum Gasteiger partial charge on any atom is 0.309 e. The maximum absolute atomic E-state index is 11.2. The van der Waals surface area contributed by atoms with Crippen LogP contribution in [0.1, 0.15) is 31.4 Å². The molecule has 27 heavy (non-hydrogen) atoms. The highest BCUT2D eigenvalue weighted by molar-refractivity contribution is 5.73. The average Bonchev–Trinajstić information content (AvgIpc) is 2.66. The minimum atomic E-state index is -0.840. The van der Waals surface area contributed by atoms with Crippen molar-refractivity contribution < 1.29 is 24.1 Å². The van der Waals surface area contributed by atoms with Gasteiger partial charge in [-0.05, 0) is 55.7 Å². The first-order valence-corrected chi connectivity index (χ1v) is 8.72. The first-order chi connectivity index (χ1) is 12.9. The van der Waals surface area contributed by atoms with Crippen molar-refractivity contribution in [3.8, 4) is 17.2 Å². The molecule has 5 heteroatoms. The Labute approximate surface area is 160 Å². The van der Waals surface area contributed by atoms with Gasteiger partial charge in [0.2, 0.25) is 0 Å². The molecule has 0 aliphatic heterocycles. The van der Waals surface area contributed by atoms with Crippen LogP contribution in [0.2, 0.25) is 0 Å². The third-order valence-electron chi connectivity index (χ3n) is 4.31. The lowest BCUT2D eigenvalue weighted by Gasteiger charge is -2.19. The van der Waals surface area contributed by atoms with E-state index in [4.69, 9.17) is 14.2 Å². The molecule has 2 rings (SSSR count). The number of aliphatic carboxylic acids is 1. The number of hydrogen-bond acceptors (Lipinski definition) is 4. The molecule has 0 aromatic heterocycles. The molecule has 0 atom stereocenters. The number of ether oxygens (including phenoxy) is 3. The Morgan fingerprint density at radius 1 is 1.00 bits per heavy atom. The molecule has 1 N–H and O–H groups in total. The lowest BCUT2D eigenvalue weighted by molar-refractivity contribution is -0.147. The lowest BCUT2D eigenvalue weighted by atomic mass is 9.90. The van der Waals surface area contributed by atoms with Gasteiger partial charge in [-0.25, -0.2) is 0 Å². The molecule has 5 nitrogen and oxygen atoms in total. The summed E-state index contributed by atoms with van der Waals surface area (Å²) in [6, 6.07) is 13.4. The summed E-state index contributed by atoms with van der Waals surface area (Å²) >= 11 is 0. The highest BCUT2D eigenvalue weighted by Gasteiger charge is 2.26. The number of carbonyl (C=O) groups is 1. The zero-order valence-corrected chi connectivity index (χ0v) is 16.2. The highest BCUT2D eigenvalue weighted by Crippen LogP contribution is 2.30. The van der Waals surface area contributed by atoms with Crippen molar-refractivity contribution in [3.05, 3.63) is 53.6 Å². The van der Waals surface area contributed by atoms with E-state index < -0.39 is 11.4 Å². The van der Waals surface area contributed by atoms with Crippen LogP contribution in [-0.4, -0.2) is 31.9 Å². The molecule has 2 aromatic rings. The third kappa shape index (κ3) is 5.78. The quantitative estimate of drug-likeness (QED) is 0.645. The number of methoxy groups -OCH3 is 2. The first-order valence-electron chi connectivity index (χ1n) is 8.72. The van der Waals surface area contributed by atoms with Gasteiger partial charge in [-0.15, -0.1) is 0 Å². The molecule has 0 saturated carbocycles. The van der Waals surface area contributed by atoms with Crippen molar-refractivity contribution >= 4 is 18.1 Å². The largest absolute Gasteiger partial charge is 0.497 e. The van der Waals surface area contributed by atoms with Crippen LogP contribution in [0.4, 0.5) is 0 Å². The summed E-state index contributed by atoms with van der Waals surface area (Å²) in [6.45, 7) is 3.66. The number of carboxylic acid groups (broad SMARTS) is 1. The molecule has 2 aromatic carbocycles. The van der Waals surface area contributed by atoms with E-state index in [2.05, 4.69) is 0 Å². The number of rotatable bonds is 9. The van der Waals surface area contributed by atoms with E-state index in [0.717, 1.165) is 16.9 Å². The monoisotopic (exact) mass is 370 g/mol. The molecule has 0 spiro atoms. The van der Waals surface area contributed by atoms with Crippen molar-refractivity contribution in [2.75, 3.05) is 20.8 Å². The predicted molar refractivity (Wildman–Crippen MR) is 106 cm³/mol. The van der Waals surface area contributed by atoms with E-state index >= 15 is 0 Å². The van der Waals surface area contributed by atoms with E-state index in [0.29, 0.717) is 24.5 Å². The van der Waals surface area contributed by atoms with E-state index in [1.165, 1.54) is 0 Å². The fourth-order valence-corrected chi connectivity index (χ4v) is 2.37. The Balaban J connectivity index is 2.12. The molecule has 0 aliphatic carbocycles. The maximum atomic E-state index is 11.2. The summed E-state index contributed by atoms with van der Waals surface area (Å²) in [7, 11) is 3.22. The second kappa shape index (κ2) is 9.12. The summed E-state index contributed by atoms with van der Waals surface area (Å²) in [5.74, 6) is 1.16. The van der Waals surface area contributed by atoms with Crippen LogP contribution in [-0.2, 0) is 4.79 Å². The van der Waals surface area contributed by atoms with Crippen molar-refractivity contribution in [3.63, 3.8) is 0 Å². The molecule has 0 fully saturated rings. The number of carboxylic acids is 1. The summed E-state index contributed by atoms with van der Waals surface area (Å²) in [4.78, 5) is 11.2. The minimum Gasteiger partial charge on any atom is -0.497 e. The minimum absolute atomic E-state index is 0.290. The van der Waals surface area contributed by atoms with E-state index in [1.807, 2.05) is 54.6 Å². The van der Waals surface area contributed by atoms with Crippen molar-refractivity contribution in [1.82, 2.24) is 0 Å². The molecule has 0 aliphatic rings. The van der Waals surface area contributed by atoms with Gasteiger partial charge in [0.15, 0.2) is 11.5 Å². The molecular formula is C22H26O5. The average molecular weight is 370 g/mol. The van der Waals surface area contributed by atoms with Crippen LogP contribution in [0, 0.1) is 5.41 Å². The SMILES string of the molecule is COc1cccc(/C=C/c2ccc(OC)c(OCCC(C)(C)C(=O)O)c2)c1. The standard InChI is InChI=1S/C22H26O5/c1-22(2,21(23)24)12-13-27-20-15-17(10-11-19(20)26-4)9-8-16-6-5-7-18(14-16)25-3/h5-11,14-15H,12-13H2,1-4H3,(H,23,24)/b9-8+. The number of benzene rings is 2. The molecule has 0 saturated heterocycles. The third-order valence-corrected chi connectivity index (χ3v) is 4.31. The fourth-order valence-electron chi connectivity index (χ4n) is 2.37. The van der Waals surface area contributed by atoms with E-state index in [1.54, 1.807) is 28.1 Å². The topological polar surface area (TPSA) is 65.0 Å². The zero-order valence-electron chi connectivity index (χ0n) is 16.2. The summed E-state index contributed by atoms with van der Waals surface area (Å²) in [5.41, 5.74) is 1.14. The first kappa shape index (κ1) is 20.4. The Bertz CT molecular complexity index is 808. The van der Waals surface area contributed by atoms with Crippen LogP contribution in [0.3, 0.4) is 0 Å². The molecule has 144 valence electrons. The van der Waals surface area contributed by atoms with Crippen molar-refractivity contribution in [1.29, 1.82) is 0 Å². The Hall–Kier alpha value is -2.95. The molecular weight excluding hydrogens is 344 g/mol. The summed E-state index contributed by atoms with van der Waals surface area (Å²) in [5, 5.41) is 9.20.